The molecule has 2 aromatic heterocycles. The standard InChI is InChI=1S/C28H41N7O4/c1-17(2)34(13-6-12-30-27(38)33-19-9-7-18(8-10-19)28(3,4)5)15-21-22(36)23(37)26(39-21)35-14-11-20-24(29)31-16-32-25(20)35/h7-11,14,16-17,21-23,26,36-37H,6,12-13,15H2,1-5H3,(H2,29,31,32)(H2,30,33,38)/t21-,22-,23-,26?/m1/s1. The molecule has 4 rings (SSSR count). The van der Waals surface area contributed by atoms with Gasteiger partial charge in [0.15, 0.2) is 6.23 Å². The number of nitrogens with zero attached hydrogens (tertiary/aromatic N) is 4. The van der Waals surface area contributed by atoms with Crippen molar-refractivity contribution in [3.8, 4) is 0 Å². The van der Waals surface area contributed by atoms with E-state index in [1.165, 1.54) is 11.9 Å². The molecule has 11 nitrogen and oxygen atoms in total. The number of ether oxygens (including phenoxy) is 1. The summed E-state index contributed by atoms with van der Waals surface area (Å²) < 4.78 is 7.82. The first-order chi connectivity index (χ1) is 18.5. The average Bonchev–Trinajstić information content (AvgIpc) is 3.42. The van der Waals surface area contributed by atoms with Crippen molar-refractivity contribution in [1.29, 1.82) is 0 Å². The minimum Gasteiger partial charge on any atom is -0.387 e. The number of carbonyl (C=O) groups is 1. The zero-order valence-electron chi connectivity index (χ0n) is 23.3. The SMILES string of the molecule is CC(C)N(CCCNC(=O)Nc1ccc(C(C)(C)C)cc1)C[C@H]1OC(n2ccc3c(N)ncnc32)[C@H](O)[C@@H]1O. The zero-order valence-corrected chi connectivity index (χ0v) is 23.3. The summed E-state index contributed by atoms with van der Waals surface area (Å²) in [4.78, 5) is 22.8. The number of nitrogens with two attached hydrogens (primary N) is 1. The third-order valence-electron chi connectivity index (χ3n) is 7.21. The predicted octanol–water partition coefficient (Wildman–Crippen LogP) is 2.85. The van der Waals surface area contributed by atoms with Gasteiger partial charge in [-0.15, -0.1) is 0 Å². The predicted molar refractivity (Wildman–Crippen MR) is 151 cm³/mol. The molecule has 1 saturated heterocycles. The number of aromatic nitrogens is 3. The summed E-state index contributed by atoms with van der Waals surface area (Å²) in [6, 6.07) is 9.57. The third-order valence-corrected chi connectivity index (χ3v) is 7.21. The minimum atomic E-state index is -1.13. The smallest absolute Gasteiger partial charge is 0.319 e. The van der Waals surface area contributed by atoms with Gasteiger partial charge in [-0.05, 0) is 49.4 Å². The monoisotopic (exact) mass is 539 g/mol. The Kier molecular flexibility index (Phi) is 8.75. The van der Waals surface area contributed by atoms with Gasteiger partial charge in [-0.3, -0.25) is 4.90 Å². The highest BCUT2D eigenvalue weighted by Gasteiger charge is 2.44. The molecule has 0 aliphatic carbocycles. The second-order valence-corrected chi connectivity index (χ2v) is 11.4. The molecule has 39 heavy (non-hydrogen) atoms. The van der Waals surface area contributed by atoms with Crippen LogP contribution >= 0.6 is 0 Å². The Hall–Kier alpha value is -3.25. The van der Waals surface area contributed by atoms with E-state index >= 15 is 0 Å². The van der Waals surface area contributed by atoms with E-state index in [1.807, 2.05) is 24.3 Å². The van der Waals surface area contributed by atoms with Crippen molar-refractivity contribution in [2.45, 2.75) is 77.0 Å². The summed E-state index contributed by atoms with van der Waals surface area (Å²) in [5, 5.41) is 28.0. The van der Waals surface area contributed by atoms with Crippen LogP contribution in [0.2, 0.25) is 0 Å². The number of nitrogen functional groups attached to an aromatic ring is 1. The number of nitrogens with one attached hydrogen (secondary N) is 2. The first-order valence-electron chi connectivity index (χ1n) is 13.4. The maximum absolute atomic E-state index is 12.4. The Morgan fingerprint density at radius 3 is 2.54 bits per heavy atom. The van der Waals surface area contributed by atoms with Gasteiger partial charge in [-0.1, -0.05) is 32.9 Å². The van der Waals surface area contributed by atoms with Gasteiger partial charge in [0.25, 0.3) is 0 Å². The van der Waals surface area contributed by atoms with Crippen LogP contribution in [0.4, 0.5) is 16.3 Å². The molecule has 212 valence electrons. The summed E-state index contributed by atoms with van der Waals surface area (Å²) in [7, 11) is 0. The molecule has 6 N–H and O–H groups in total. The van der Waals surface area contributed by atoms with E-state index < -0.39 is 24.5 Å². The van der Waals surface area contributed by atoms with Crippen LogP contribution < -0.4 is 16.4 Å². The Morgan fingerprint density at radius 1 is 1.15 bits per heavy atom. The van der Waals surface area contributed by atoms with Gasteiger partial charge in [0.05, 0.1) is 5.39 Å². The third kappa shape index (κ3) is 6.67. The van der Waals surface area contributed by atoms with E-state index in [-0.39, 0.29) is 17.5 Å². The number of carbonyl (C=O) groups excluding carboxylic acids is 1. The molecule has 3 heterocycles. The maximum atomic E-state index is 12.4. The quantitative estimate of drug-likeness (QED) is 0.261. The Bertz CT molecular complexity index is 1260. The van der Waals surface area contributed by atoms with Gasteiger partial charge >= 0.3 is 6.03 Å². The molecule has 11 heteroatoms. The fourth-order valence-corrected chi connectivity index (χ4v) is 4.81. The molecule has 1 unspecified atom stereocenters. The molecular formula is C28H41N7O4. The van der Waals surface area contributed by atoms with Gasteiger partial charge in [-0.2, -0.15) is 0 Å². The van der Waals surface area contributed by atoms with Crippen molar-refractivity contribution in [2.24, 2.45) is 0 Å². The highest BCUT2D eigenvalue weighted by Crippen LogP contribution is 2.33. The van der Waals surface area contributed by atoms with Gasteiger partial charge < -0.3 is 35.9 Å². The number of benzene rings is 1. The first kappa shape index (κ1) is 28.8. The molecule has 0 spiro atoms. The van der Waals surface area contributed by atoms with E-state index in [9.17, 15) is 15.0 Å². The Balaban J connectivity index is 1.27. The molecule has 3 aromatic rings. The number of fused-ring (bicyclic) bond motifs is 1. The Labute approximate surface area is 229 Å². The molecule has 1 aromatic carbocycles. The zero-order chi connectivity index (χ0) is 28.3. The fraction of sp³-hybridized carbons (Fsp3) is 0.536. The summed E-state index contributed by atoms with van der Waals surface area (Å²) >= 11 is 0. The van der Waals surface area contributed by atoms with Crippen molar-refractivity contribution in [1.82, 2.24) is 24.8 Å². The van der Waals surface area contributed by atoms with Crippen LogP contribution in [0.1, 0.15) is 52.8 Å². The lowest BCUT2D eigenvalue weighted by Crippen LogP contribution is -2.44. The average molecular weight is 540 g/mol. The number of urea groups is 1. The number of aliphatic hydroxyl groups is 2. The lowest BCUT2D eigenvalue weighted by atomic mass is 9.87. The van der Waals surface area contributed by atoms with Gasteiger partial charge in [0, 0.05) is 37.6 Å². The van der Waals surface area contributed by atoms with Crippen molar-refractivity contribution >= 4 is 28.6 Å². The molecule has 4 atom stereocenters. The highest BCUT2D eigenvalue weighted by molar-refractivity contribution is 5.89. The largest absolute Gasteiger partial charge is 0.387 e. The molecule has 0 saturated carbocycles. The topological polar surface area (TPSA) is 151 Å². The van der Waals surface area contributed by atoms with E-state index in [0.717, 1.165) is 5.69 Å². The van der Waals surface area contributed by atoms with Crippen LogP contribution in [-0.4, -0.2) is 79.7 Å². The van der Waals surface area contributed by atoms with Crippen molar-refractivity contribution in [3.05, 3.63) is 48.4 Å². The molecule has 0 radical (unpaired) electrons. The lowest BCUT2D eigenvalue weighted by Gasteiger charge is -2.30. The second-order valence-electron chi connectivity index (χ2n) is 11.4. The second kappa shape index (κ2) is 11.9. The fourth-order valence-electron chi connectivity index (χ4n) is 4.81. The van der Waals surface area contributed by atoms with E-state index in [4.69, 9.17) is 10.5 Å². The number of rotatable bonds is 9. The van der Waals surface area contributed by atoms with Gasteiger partial charge in [0.1, 0.15) is 36.1 Å². The number of hydrogen-bond donors (Lipinski definition) is 5. The lowest BCUT2D eigenvalue weighted by molar-refractivity contribution is -0.0465. The molecular weight excluding hydrogens is 498 g/mol. The number of amides is 2. The number of anilines is 2. The highest BCUT2D eigenvalue weighted by atomic mass is 16.6. The summed E-state index contributed by atoms with van der Waals surface area (Å²) in [6.45, 7) is 12.2. The number of aliphatic hydroxyl groups excluding tert-OH is 2. The molecule has 2 amide bonds. The Morgan fingerprint density at radius 2 is 1.87 bits per heavy atom. The van der Waals surface area contributed by atoms with Crippen LogP contribution in [0.5, 0.6) is 0 Å². The van der Waals surface area contributed by atoms with E-state index in [1.54, 1.807) is 16.8 Å². The van der Waals surface area contributed by atoms with Crippen molar-refractivity contribution < 1.29 is 19.7 Å². The maximum Gasteiger partial charge on any atom is 0.319 e. The van der Waals surface area contributed by atoms with Crippen molar-refractivity contribution in [3.63, 3.8) is 0 Å². The van der Waals surface area contributed by atoms with Crippen molar-refractivity contribution in [2.75, 3.05) is 30.7 Å². The summed E-state index contributed by atoms with van der Waals surface area (Å²) in [6.07, 6.45) is 0.210. The molecule has 1 aliphatic heterocycles. The first-order valence-corrected chi connectivity index (χ1v) is 13.4. The molecule has 1 aliphatic rings. The number of hydrogen-bond acceptors (Lipinski definition) is 8. The van der Waals surface area contributed by atoms with Crippen LogP contribution in [0.25, 0.3) is 11.0 Å². The van der Waals surface area contributed by atoms with Gasteiger partial charge in [-0.25, -0.2) is 14.8 Å². The van der Waals surface area contributed by atoms with Crippen LogP contribution in [0.15, 0.2) is 42.9 Å². The van der Waals surface area contributed by atoms with Gasteiger partial charge in [0.2, 0.25) is 0 Å². The summed E-state index contributed by atoms with van der Waals surface area (Å²) in [5.74, 6) is 0.343. The minimum absolute atomic E-state index is 0.0573. The van der Waals surface area contributed by atoms with Crippen LogP contribution in [0.3, 0.4) is 0 Å². The summed E-state index contributed by atoms with van der Waals surface area (Å²) in [5.41, 5.74) is 8.48. The van der Waals surface area contributed by atoms with Crippen LogP contribution in [-0.2, 0) is 10.2 Å². The van der Waals surface area contributed by atoms with E-state index in [2.05, 4.69) is 60.1 Å². The molecule has 0 bridgehead atoms. The van der Waals surface area contributed by atoms with E-state index in [0.29, 0.717) is 42.9 Å². The van der Waals surface area contributed by atoms with Crippen LogP contribution in [0, 0.1) is 0 Å². The normalized spacial score (nSPS) is 21.7. The molecule has 1 fully saturated rings.